The zero-order chi connectivity index (χ0) is 5.28. The average molecular weight is 161 g/mol. The zero-order valence-electron chi connectivity index (χ0n) is 3.93. The van der Waals surface area contributed by atoms with Crippen LogP contribution in [0.1, 0.15) is 0 Å². The first kappa shape index (κ1) is 4.84. The van der Waals surface area contributed by atoms with Crippen LogP contribution in [0.25, 0.3) is 0 Å². The van der Waals surface area contributed by atoms with E-state index in [0.717, 1.165) is 4.61 Å². The molecule has 0 unspecified atom stereocenters. The Morgan fingerprint density at radius 2 is 2.57 bits per heavy atom. The summed E-state index contributed by atoms with van der Waals surface area (Å²) in [6, 6.07) is 0. The number of hydrogen-bond acceptors (Lipinski definition) is 2. The van der Waals surface area contributed by atoms with E-state index in [1.165, 1.54) is 0 Å². The molecule has 0 fully saturated rings. The fourth-order valence-electron chi connectivity index (χ4n) is 0.358. The molecule has 1 rings (SSSR count). The molecular weight excluding hydrogens is 156 g/mol. The topological polar surface area (TPSA) is 17.3 Å². The standard InChI is InChI=1S/C4H5BrN2/c1-7-4(5)2-3-6-7/h2-3H,1H3/q+1. The lowest BCUT2D eigenvalue weighted by atomic mass is 10.7. The monoisotopic (exact) mass is 160 g/mol. The molecule has 0 spiro atoms. The maximum Gasteiger partial charge on any atom is 0.278 e. The first-order valence-corrected chi connectivity index (χ1v) is 2.73. The van der Waals surface area contributed by atoms with E-state index in [1.54, 1.807) is 11.2 Å². The van der Waals surface area contributed by atoms with Gasteiger partial charge in [-0.15, -0.1) is 0 Å². The van der Waals surface area contributed by atoms with Crippen molar-refractivity contribution >= 4 is 22.1 Å². The molecule has 3 heteroatoms. The number of halogens is 1. The van der Waals surface area contributed by atoms with Crippen molar-refractivity contribution < 1.29 is 0 Å². The summed E-state index contributed by atoms with van der Waals surface area (Å²) in [4.78, 5) is 0. The molecule has 0 bridgehead atoms. The van der Waals surface area contributed by atoms with Crippen LogP contribution in [0.15, 0.2) is 10.7 Å². The van der Waals surface area contributed by atoms with Crippen molar-refractivity contribution in [2.45, 2.75) is 0 Å². The maximum atomic E-state index is 3.89. The quantitative estimate of drug-likeness (QED) is 0.472. The van der Waals surface area contributed by atoms with Crippen molar-refractivity contribution in [2.75, 3.05) is 7.05 Å². The molecule has 7 heavy (non-hydrogen) atoms. The largest absolute Gasteiger partial charge is 0.278 e. The Morgan fingerprint density at radius 1 is 1.86 bits per heavy atom. The van der Waals surface area contributed by atoms with Gasteiger partial charge in [-0.05, 0) is 15.9 Å². The number of hydrazone groups is 1. The van der Waals surface area contributed by atoms with E-state index in [9.17, 15) is 0 Å². The number of allylic oxidation sites excluding steroid dienone is 1. The predicted octanol–water partition coefficient (Wildman–Crippen LogP) is 0.490. The Bertz CT molecular complexity index is 128. The van der Waals surface area contributed by atoms with Gasteiger partial charge in [0.25, 0.3) is 6.21 Å². The van der Waals surface area contributed by atoms with Gasteiger partial charge in [-0.3, -0.25) is 0 Å². The third-order valence-electron chi connectivity index (χ3n) is 0.761. The summed E-state index contributed by atoms with van der Waals surface area (Å²) < 4.78 is 1.01. The lowest BCUT2D eigenvalue weighted by molar-refractivity contribution is 0.435. The second-order valence-corrected chi connectivity index (χ2v) is 2.09. The van der Waals surface area contributed by atoms with Crippen molar-refractivity contribution in [2.24, 2.45) is 0 Å². The summed E-state index contributed by atoms with van der Waals surface area (Å²) in [7, 11) is 1.88. The minimum absolute atomic E-state index is 1.01. The molecule has 0 aromatic rings. The van der Waals surface area contributed by atoms with Gasteiger partial charge in [0.2, 0.25) is 0 Å². The highest BCUT2D eigenvalue weighted by atomic mass is 79.9. The van der Waals surface area contributed by atoms with Crippen molar-refractivity contribution in [1.82, 2.24) is 10.1 Å². The Balaban J connectivity index is 2.69. The van der Waals surface area contributed by atoms with Crippen LogP contribution >= 0.6 is 15.9 Å². The van der Waals surface area contributed by atoms with Gasteiger partial charge in [0.1, 0.15) is 0 Å². The molecule has 37 valence electrons. The van der Waals surface area contributed by atoms with E-state index < -0.39 is 0 Å². The second-order valence-electron chi connectivity index (χ2n) is 1.28. The molecule has 1 aliphatic rings. The summed E-state index contributed by atoms with van der Waals surface area (Å²) in [5.74, 6) is 0. The van der Waals surface area contributed by atoms with Crippen molar-refractivity contribution in [3.05, 3.63) is 10.7 Å². The number of hydrogen-bond donors (Lipinski definition) is 0. The highest BCUT2D eigenvalue weighted by Gasteiger charge is 2.12. The molecule has 2 nitrogen and oxygen atoms in total. The lowest BCUT2D eigenvalue weighted by Gasteiger charge is -1.88. The van der Waals surface area contributed by atoms with Crippen molar-refractivity contribution in [3.63, 3.8) is 0 Å². The molecular formula is C4H5BrN2+. The van der Waals surface area contributed by atoms with Crippen LogP contribution in [-0.4, -0.2) is 18.3 Å². The van der Waals surface area contributed by atoms with Gasteiger partial charge >= 0.3 is 0 Å². The second kappa shape index (κ2) is 1.66. The lowest BCUT2D eigenvalue weighted by Crippen LogP contribution is -2.11. The fourth-order valence-corrected chi connectivity index (χ4v) is 0.568. The molecule has 0 aromatic carbocycles. The summed E-state index contributed by atoms with van der Waals surface area (Å²) in [6.45, 7) is 0. The van der Waals surface area contributed by atoms with Crippen LogP contribution in [0, 0.1) is 0 Å². The van der Waals surface area contributed by atoms with E-state index >= 15 is 0 Å². The molecule has 0 N–H and O–H groups in total. The molecule has 0 aliphatic carbocycles. The first-order valence-electron chi connectivity index (χ1n) is 1.94. The van der Waals surface area contributed by atoms with Crippen LogP contribution in [0.4, 0.5) is 0 Å². The smallest absolute Gasteiger partial charge is 0.0850 e. The normalized spacial score (nSPS) is 18.0. The molecule has 0 saturated heterocycles. The van der Waals surface area contributed by atoms with Gasteiger partial charge in [0, 0.05) is 6.08 Å². The molecule has 0 atom stereocenters. The van der Waals surface area contributed by atoms with Gasteiger partial charge < -0.3 is 0 Å². The third kappa shape index (κ3) is 0.825. The molecule has 1 heterocycles. The van der Waals surface area contributed by atoms with Crippen LogP contribution in [0.2, 0.25) is 0 Å². The van der Waals surface area contributed by atoms with E-state index in [1.807, 2.05) is 13.1 Å². The van der Waals surface area contributed by atoms with Gasteiger partial charge in [0.05, 0.1) is 7.05 Å². The maximum absolute atomic E-state index is 3.89. The molecule has 0 saturated carbocycles. The third-order valence-corrected chi connectivity index (χ3v) is 1.54. The van der Waals surface area contributed by atoms with E-state index in [-0.39, 0.29) is 0 Å². The summed E-state index contributed by atoms with van der Waals surface area (Å²) >= 11 is 3.27. The summed E-state index contributed by atoms with van der Waals surface area (Å²) in [6.07, 6.45) is 3.63. The van der Waals surface area contributed by atoms with Gasteiger partial charge in [-0.25, -0.2) is 0 Å². The molecule has 1 radical (unpaired) electrons. The average Bonchev–Trinajstić information content (AvgIpc) is 1.91. The van der Waals surface area contributed by atoms with Gasteiger partial charge in [-0.1, -0.05) is 5.01 Å². The Kier molecular flexibility index (Phi) is 1.15. The minimum Gasteiger partial charge on any atom is -0.0850 e. The highest BCUT2D eigenvalue weighted by molar-refractivity contribution is 9.11. The number of nitrogens with zero attached hydrogens (tertiary/aromatic N) is 2. The minimum atomic E-state index is 1.01. The highest BCUT2D eigenvalue weighted by Crippen LogP contribution is 2.07. The van der Waals surface area contributed by atoms with Crippen molar-refractivity contribution in [3.8, 4) is 0 Å². The van der Waals surface area contributed by atoms with E-state index in [4.69, 9.17) is 0 Å². The molecule has 0 amide bonds. The van der Waals surface area contributed by atoms with Crippen molar-refractivity contribution in [1.29, 1.82) is 0 Å². The van der Waals surface area contributed by atoms with Crippen LogP contribution < -0.4 is 5.10 Å². The van der Waals surface area contributed by atoms with E-state index in [0.29, 0.717) is 0 Å². The van der Waals surface area contributed by atoms with Gasteiger partial charge in [-0.2, -0.15) is 0 Å². The fraction of sp³-hybridized carbons (Fsp3) is 0.250. The van der Waals surface area contributed by atoms with E-state index in [2.05, 4.69) is 21.0 Å². The summed E-state index contributed by atoms with van der Waals surface area (Å²) in [5.41, 5.74) is 0. The zero-order valence-corrected chi connectivity index (χ0v) is 5.51. The predicted molar refractivity (Wildman–Crippen MR) is 33.0 cm³/mol. The van der Waals surface area contributed by atoms with Crippen LogP contribution in [-0.2, 0) is 0 Å². The first-order chi connectivity index (χ1) is 3.30. The summed E-state index contributed by atoms with van der Waals surface area (Å²) in [5, 5.41) is 5.64. The Labute approximate surface area is 50.6 Å². The van der Waals surface area contributed by atoms with Crippen LogP contribution in [0.3, 0.4) is 0 Å². The number of rotatable bonds is 0. The van der Waals surface area contributed by atoms with Gasteiger partial charge in [0.15, 0.2) is 9.71 Å². The van der Waals surface area contributed by atoms with Crippen LogP contribution in [0.5, 0.6) is 0 Å². The Hall–Kier alpha value is -0.310. The SMILES string of the molecule is CN1[N+]=CC=C1Br. The Morgan fingerprint density at radius 3 is 2.71 bits per heavy atom. The molecule has 1 aliphatic heterocycles. The molecule has 0 aromatic heterocycles.